The highest BCUT2D eigenvalue weighted by molar-refractivity contribution is 5.73. The number of fused-ring (bicyclic) bond motifs is 1. The van der Waals surface area contributed by atoms with Crippen molar-refractivity contribution in [2.75, 3.05) is 5.73 Å². The first-order valence-electron chi connectivity index (χ1n) is 5.45. The number of rotatable bonds is 1. The summed E-state index contributed by atoms with van der Waals surface area (Å²) in [6.07, 6.45) is 1.57. The smallest absolute Gasteiger partial charge is 0.278 e. The minimum Gasteiger partial charge on any atom is -0.369 e. The summed E-state index contributed by atoms with van der Waals surface area (Å²) in [6, 6.07) is 7.79. The Morgan fingerprint density at radius 3 is 3.00 bits per heavy atom. The zero-order chi connectivity index (χ0) is 12.7. The number of nitrogens with two attached hydrogens (primary N) is 1. The van der Waals surface area contributed by atoms with Crippen LogP contribution in [0.25, 0.3) is 16.9 Å². The lowest BCUT2D eigenvalue weighted by Gasteiger charge is -2.04. The second-order valence-corrected chi connectivity index (χ2v) is 4.08. The van der Waals surface area contributed by atoms with Gasteiger partial charge in [-0.25, -0.2) is 4.98 Å². The van der Waals surface area contributed by atoms with Gasteiger partial charge < -0.3 is 5.73 Å². The predicted octanol–water partition coefficient (Wildman–Crippen LogP) is 0.999. The van der Waals surface area contributed by atoms with E-state index in [4.69, 9.17) is 5.73 Å². The van der Waals surface area contributed by atoms with Gasteiger partial charge in [-0.1, -0.05) is 12.1 Å². The highest BCUT2D eigenvalue weighted by atomic mass is 16.1. The molecule has 90 valence electrons. The van der Waals surface area contributed by atoms with Crippen LogP contribution >= 0.6 is 0 Å². The first kappa shape index (κ1) is 10.5. The normalized spacial score (nSPS) is 10.9. The largest absolute Gasteiger partial charge is 0.369 e. The van der Waals surface area contributed by atoms with E-state index in [-0.39, 0.29) is 11.5 Å². The van der Waals surface area contributed by atoms with E-state index in [2.05, 4.69) is 15.0 Å². The molecule has 2 aromatic heterocycles. The predicted molar refractivity (Wildman–Crippen MR) is 68.6 cm³/mol. The molecule has 0 aliphatic rings. The van der Waals surface area contributed by atoms with Gasteiger partial charge in [0.15, 0.2) is 11.2 Å². The van der Waals surface area contributed by atoms with Gasteiger partial charge in [0.25, 0.3) is 5.56 Å². The van der Waals surface area contributed by atoms with Crippen LogP contribution in [0, 0.1) is 6.92 Å². The second kappa shape index (κ2) is 3.69. The maximum atomic E-state index is 11.9. The number of aromatic amines is 1. The molecule has 0 atom stereocenters. The molecule has 3 N–H and O–H groups in total. The SMILES string of the molecule is Cc1cccc(-n2cnc3nc(N)[nH]c(=O)c32)c1. The molecule has 3 rings (SSSR count). The van der Waals surface area contributed by atoms with Gasteiger partial charge in [-0.15, -0.1) is 0 Å². The van der Waals surface area contributed by atoms with Crippen molar-refractivity contribution in [1.29, 1.82) is 0 Å². The Bertz CT molecular complexity index is 787. The first-order valence-corrected chi connectivity index (χ1v) is 5.45. The summed E-state index contributed by atoms with van der Waals surface area (Å²) in [6.45, 7) is 1.99. The Morgan fingerprint density at radius 2 is 2.22 bits per heavy atom. The second-order valence-electron chi connectivity index (χ2n) is 4.08. The number of hydrogen-bond acceptors (Lipinski definition) is 4. The van der Waals surface area contributed by atoms with Gasteiger partial charge in [-0.05, 0) is 24.6 Å². The molecule has 2 heterocycles. The molecule has 0 bridgehead atoms. The van der Waals surface area contributed by atoms with Gasteiger partial charge in [-0.2, -0.15) is 4.98 Å². The van der Waals surface area contributed by atoms with Crippen LogP contribution in [-0.2, 0) is 0 Å². The lowest BCUT2D eigenvalue weighted by atomic mass is 10.2. The van der Waals surface area contributed by atoms with Crippen LogP contribution in [0.1, 0.15) is 5.56 Å². The number of hydrogen-bond donors (Lipinski definition) is 2. The van der Waals surface area contributed by atoms with Crippen molar-refractivity contribution in [3.63, 3.8) is 0 Å². The Balaban J connectivity index is 2.34. The number of benzene rings is 1. The van der Waals surface area contributed by atoms with E-state index in [0.717, 1.165) is 11.3 Å². The summed E-state index contributed by atoms with van der Waals surface area (Å²) in [5, 5.41) is 0. The minimum atomic E-state index is -0.295. The molecule has 0 aliphatic carbocycles. The lowest BCUT2D eigenvalue weighted by molar-refractivity contribution is 1.07. The number of nitrogen functional groups attached to an aromatic ring is 1. The van der Waals surface area contributed by atoms with Gasteiger partial charge in [0.05, 0.1) is 0 Å². The van der Waals surface area contributed by atoms with E-state index in [1.54, 1.807) is 10.9 Å². The number of nitrogens with zero attached hydrogens (tertiary/aromatic N) is 3. The molecule has 0 radical (unpaired) electrons. The highest BCUT2D eigenvalue weighted by Gasteiger charge is 2.10. The Kier molecular flexibility index (Phi) is 2.16. The maximum absolute atomic E-state index is 11.9. The zero-order valence-electron chi connectivity index (χ0n) is 9.71. The van der Waals surface area contributed by atoms with Crippen LogP contribution in [-0.4, -0.2) is 19.5 Å². The summed E-state index contributed by atoms with van der Waals surface area (Å²) in [4.78, 5) is 22.5. The average molecular weight is 241 g/mol. The fraction of sp³-hybridized carbons (Fsp3) is 0.0833. The van der Waals surface area contributed by atoms with E-state index in [0.29, 0.717) is 11.2 Å². The van der Waals surface area contributed by atoms with Crippen molar-refractivity contribution < 1.29 is 0 Å². The Morgan fingerprint density at radius 1 is 1.39 bits per heavy atom. The summed E-state index contributed by atoms with van der Waals surface area (Å²) in [7, 11) is 0. The van der Waals surface area contributed by atoms with Gasteiger partial charge in [0, 0.05) is 5.69 Å². The van der Waals surface area contributed by atoms with Crippen molar-refractivity contribution in [3.8, 4) is 5.69 Å². The molecule has 0 unspecified atom stereocenters. The van der Waals surface area contributed by atoms with Crippen molar-refractivity contribution in [2.45, 2.75) is 6.92 Å². The molecule has 0 fully saturated rings. The molecule has 0 aliphatic heterocycles. The van der Waals surface area contributed by atoms with Gasteiger partial charge >= 0.3 is 0 Å². The average Bonchev–Trinajstić information content (AvgIpc) is 2.72. The molecule has 0 saturated carbocycles. The fourth-order valence-corrected chi connectivity index (χ4v) is 1.92. The van der Waals surface area contributed by atoms with E-state index in [1.807, 2.05) is 31.2 Å². The molecule has 6 nitrogen and oxygen atoms in total. The van der Waals surface area contributed by atoms with E-state index < -0.39 is 0 Å². The van der Waals surface area contributed by atoms with E-state index in [1.165, 1.54) is 0 Å². The third-order valence-corrected chi connectivity index (χ3v) is 2.71. The summed E-state index contributed by atoms with van der Waals surface area (Å²) in [5.74, 6) is 0.0713. The molecule has 1 aromatic carbocycles. The van der Waals surface area contributed by atoms with Crippen molar-refractivity contribution in [2.24, 2.45) is 0 Å². The summed E-state index contributed by atoms with van der Waals surface area (Å²) in [5.41, 5.74) is 7.90. The van der Waals surface area contributed by atoms with Crippen LogP contribution in [0.5, 0.6) is 0 Å². The fourth-order valence-electron chi connectivity index (χ4n) is 1.92. The molecule has 6 heteroatoms. The lowest BCUT2D eigenvalue weighted by Crippen LogP contribution is -2.13. The zero-order valence-corrected chi connectivity index (χ0v) is 9.71. The van der Waals surface area contributed by atoms with Crippen LogP contribution in [0.4, 0.5) is 5.95 Å². The van der Waals surface area contributed by atoms with E-state index in [9.17, 15) is 4.79 Å². The van der Waals surface area contributed by atoms with Gasteiger partial charge in [0.2, 0.25) is 5.95 Å². The van der Waals surface area contributed by atoms with Crippen LogP contribution < -0.4 is 11.3 Å². The van der Waals surface area contributed by atoms with Crippen molar-refractivity contribution in [1.82, 2.24) is 19.5 Å². The van der Waals surface area contributed by atoms with Crippen molar-refractivity contribution >= 4 is 17.1 Å². The number of aromatic nitrogens is 4. The summed E-state index contributed by atoms with van der Waals surface area (Å²) < 4.78 is 1.70. The molecule has 0 spiro atoms. The van der Waals surface area contributed by atoms with Crippen LogP contribution in [0.2, 0.25) is 0 Å². The molecule has 18 heavy (non-hydrogen) atoms. The monoisotopic (exact) mass is 241 g/mol. The quantitative estimate of drug-likeness (QED) is 0.665. The number of aryl methyl sites for hydroxylation is 1. The van der Waals surface area contributed by atoms with Crippen LogP contribution in [0.3, 0.4) is 0 Å². The minimum absolute atomic E-state index is 0.0713. The molecular weight excluding hydrogens is 230 g/mol. The Labute approximate surface area is 102 Å². The van der Waals surface area contributed by atoms with E-state index >= 15 is 0 Å². The number of H-pyrrole nitrogens is 1. The Hall–Kier alpha value is -2.63. The molecular formula is C12H11N5O. The number of imidazole rings is 1. The van der Waals surface area contributed by atoms with Crippen LogP contribution in [0.15, 0.2) is 35.4 Å². The van der Waals surface area contributed by atoms with Gasteiger partial charge in [0.1, 0.15) is 6.33 Å². The van der Waals surface area contributed by atoms with Crippen molar-refractivity contribution in [3.05, 3.63) is 46.5 Å². The molecule has 0 saturated heterocycles. The third kappa shape index (κ3) is 1.55. The number of nitrogens with one attached hydrogen (secondary N) is 1. The topological polar surface area (TPSA) is 89.6 Å². The first-order chi connectivity index (χ1) is 8.65. The molecule has 0 amide bonds. The maximum Gasteiger partial charge on any atom is 0.278 e. The number of anilines is 1. The van der Waals surface area contributed by atoms with Gasteiger partial charge in [-0.3, -0.25) is 14.3 Å². The standard InChI is InChI=1S/C12H11N5O/c1-7-3-2-4-8(5-7)17-6-14-10-9(17)11(18)16-12(13)15-10/h2-6H,1H3,(H3,13,15,16,18). The third-order valence-electron chi connectivity index (χ3n) is 2.71. The summed E-state index contributed by atoms with van der Waals surface area (Å²) >= 11 is 0. The highest BCUT2D eigenvalue weighted by Crippen LogP contribution is 2.15. The molecule has 3 aromatic rings.